The average Bonchev–Trinajstić information content (AvgIpc) is 4.08. The number of carbonyl (C=O) groups is 2. The van der Waals surface area contributed by atoms with Crippen molar-refractivity contribution < 1.29 is 42.8 Å². The van der Waals surface area contributed by atoms with Crippen LogP contribution < -0.4 is 4.74 Å². The van der Waals surface area contributed by atoms with Gasteiger partial charge in [-0.05, 0) is 139 Å². The predicted molar refractivity (Wildman–Crippen MR) is 293 cm³/mol. The lowest BCUT2D eigenvalue weighted by molar-refractivity contribution is 0.0703. The van der Waals surface area contributed by atoms with Crippen molar-refractivity contribution in [1.82, 2.24) is 29.3 Å². The first kappa shape index (κ1) is 54.0. The summed E-state index contributed by atoms with van der Waals surface area (Å²) in [6.07, 6.45) is 3.25. The van der Waals surface area contributed by atoms with E-state index in [-0.39, 0.29) is 60.8 Å². The van der Waals surface area contributed by atoms with Crippen LogP contribution in [-0.2, 0) is 31.7 Å². The Morgan fingerprint density at radius 2 is 1.12 bits per heavy atom. The van der Waals surface area contributed by atoms with Gasteiger partial charge in [-0.25, -0.2) is 23.1 Å². The van der Waals surface area contributed by atoms with Crippen LogP contribution in [0.2, 0.25) is 0 Å². The number of rotatable bonds is 12. The van der Waals surface area contributed by atoms with E-state index in [1.807, 2.05) is 52.3 Å². The summed E-state index contributed by atoms with van der Waals surface area (Å²) in [5.74, 6) is 2.05. The maximum Gasteiger partial charge on any atom is 0.253 e. The summed E-state index contributed by atoms with van der Waals surface area (Å²) in [6.45, 7) is 2.74. The maximum atomic E-state index is 13.5. The molecule has 12 nitrogen and oxygen atoms in total. The van der Waals surface area contributed by atoms with Gasteiger partial charge in [0, 0.05) is 72.1 Å². The molecule has 16 heteroatoms. The second kappa shape index (κ2) is 25.4. The molecule has 0 radical (unpaired) electrons. The van der Waals surface area contributed by atoms with Crippen LogP contribution in [0.15, 0.2) is 158 Å². The van der Waals surface area contributed by atoms with Gasteiger partial charge in [0.05, 0.1) is 35.3 Å². The van der Waals surface area contributed by atoms with Gasteiger partial charge < -0.3 is 39.4 Å². The van der Waals surface area contributed by atoms with E-state index < -0.39 is 0 Å². The number of carbonyl (C=O) groups excluding carboxylic acids is 2. The summed E-state index contributed by atoms with van der Waals surface area (Å²) in [4.78, 5) is 42.9. The van der Waals surface area contributed by atoms with Crippen molar-refractivity contribution in [3.05, 3.63) is 226 Å². The van der Waals surface area contributed by atoms with Gasteiger partial charge in [-0.2, -0.15) is 0 Å². The number of fused-ring (bicyclic) bond motifs is 2. The Balaban J connectivity index is 0.000000174. The highest BCUT2D eigenvalue weighted by Gasteiger charge is 2.30. The summed E-state index contributed by atoms with van der Waals surface area (Å²) in [5.41, 5.74) is 8.75. The van der Waals surface area contributed by atoms with Crippen LogP contribution in [0.1, 0.15) is 97.7 Å². The molecular formula is C61H58BrF3N6O6. The normalized spacial score (nSPS) is 13.9. The van der Waals surface area contributed by atoms with Gasteiger partial charge in [0.1, 0.15) is 47.2 Å². The van der Waals surface area contributed by atoms with Crippen molar-refractivity contribution in [1.29, 1.82) is 0 Å². The number of H-pyrrole nitrogens is 1. The van der Waals surface area contributed by atoms with E-state index in [0.717, 1.165) is 81.4 Å². The van der Waals surface area contributed by atoms with Gasteiger partial charge in [-0.3, -0.25) is 9.59 Å². The monoisotopic (exact) mass is 1110 g/mol. The molecule has 0 saturated carbocycles. The lowest BCUT2D eigenvalue weighted by atomic mass is 9.95. The van der Waals surface area contributed by atoms with Gasteiger partial charge in [-0.15, -0.1) is 0 Å². The average molecular weight is 1110 g/mol. The fourth-order valence-electron chi connectivity index (χ4n) is 9.71. The van der Waals surface area contributed by atoms with Crippen LogP contribution in [0.3, 0.4) is 0 Å². The number of likely N-dealkylation sites (tertiary alicyclic amines) is 2. The first-order valence-electron chi connectivity index (χ1n) is 25.5. The molecule has 4 N–H and O–H groups in total. The third-order valence-electron chi connectivity index (χ3n) is 14.0. The van der Waals surface area contributed by atoms with Crippen molar-refractivity contribution in [2.45, 2.75) is 69.2 Å². The summed E-state index contributed by atoms with van der Waals surface area (Å²) in [6, 6.07) is 44.7. The zero-order valence-corrected chi connectivity index (χ0v) is 43.8. The lowest BCUT2D eigenvalue weighted by Gasteiger charge is -2.32. The predicted octanol–water partition coefficient (Wildman–Crippen LogP) is 12.0. The molecule has 0 atom stereocenters. The highest BCUT2D eigenvalue weighted by atomic mass is 79.9. The molecule has 0 unspecified atom stereocenters. The number of aromatic amines is 1. The highest BCUT2D eigenvalue weighted by Crippen LogP contribution is 2.33. The van der Waals surface area contributed by atoms with Gasteiger partial charge >= 0.3 is 0 Å². The number of ether oxygens (including phenoxy) is 1. The topological polar surface area (TPSA) is 157 Å². The Labute approximate surface area is 452 Å². The van der Waals surface area contributed by atoms with Crippen LogP contribution in [-0.4, -0.2) is 82.6 Å². The molecule has 77 heavy (non-hydrogen) atoms. The molecule has 0 spiro atoms. The van der Waals surface area contributed by atoms with E-state index in [9.17, 15) is 38.1 Å². The van der Waals surface area contributed by atoms with Crippen LogP contribution in [0.4, 0.5) is 13.2 Å². The second-order valence-corrected chi connectivity index (χ2v) is 19.7. The molecule has 396 valence electrons. The highest BCUT2D eigenvalue weighted by molar-refractivity contribution is 9.08. The van der Waals surface area contributed by atoms with E-state index in [1.165, 1.54) is 42.5 Å². The van der Waals surface area contributed by atoms with Crippen molar-refractivity contribution in [2.24, 2.45) is 0 Å². The number of aromatic hydroxyl groups is 1. The molecule has 0 aliphatic carbocycles. The van der Waals surface area contributed by atoms with Gasteiger partial charge in [0.15, 0.2) is 0 Å². The number of benzene rings is 7. The summed E-state index contributed by atoms with van der Waals surface area (Å²) >= 11 is 3.26. The quantitative estimate of drug-likeness (QED) is 0.0881. The molecule has 7 aromatic carbocycles. The Morgan fingerprint density at radius 3 is 1.70 bits per heavy atom. The second-order valence-electron chi connectivity index (χ2n) is 19.1. The summed E-state index contributed by atoms with van der Waals surface area (Å²) < 4.78 is 46.9. The summed E-state index contributed by atoms with van der Waals surface area (Å²) in [7, 11) is 0. The SMILES string of the molecule is Fc1ccc(CBr)cc1.O=C(c1ccc(O)c(CO)c1)N1CCC(c2nc3ccccc3[nH]2)CC1.O=C(c1ccc(OCc2ccc(F)cc2)c(CO)c1)N1CCC(c2nc3ccccc3n2Cc2ccc(F)cc2)CC1. The van der Waals surface area contributed by atoms with Crippen LogP contribution in [0.25, 0.3) is 22.1 Å². The number of nitrogens with one attached hydrogen (secondary N) is 1. The molecule has 2 fully saturated rings. The third-order valence-corrected chi connectivity index (χ3v) is 14.7. The van der Waals surface area contributed by atoms with Crippen molar-refractivity contribution >= 4 is 49.8 Å². The molecule has 11 rings (SSSR count). The molecule has 2 amide bonds. The lowest BCUT2D eigenvalue weighted by Crippen LogP contribution is -2.38. The van der Waals surface area contributed by atoms with E-state index in [4.69, 9.17) is 9.72 Å². The molecule has 2 saturated heterocycles. The van der Waals surface area contributed by atoms with E-state index >= 15 is 0 Å². The van der Waals surface area contributed by atoms with Crippen molar-refractivity contribution in [3.8, 4) is 11.5 Å². The van der Waals surface area contributed by atoms with Gasteiger partial charge in [-0.1, -0.05) is 76.6 Å². The van der Waals surface area contributed by atoms with E-state index in [2.05, 4.69) is 36.5 Å². The molecular weight excluding hydrogens is 1050 g/mol. The zero-order chi connectivity index (χ0) is 53.8. The number of phenols is 1. The standard InChI is InChI=1S/C34H31F2N3O3.C20H21N3O3.C7H6BrF/c35-28-10-5-23(6-11-28)20-39-31-4-2-1-3-30(31)37-33(39)25-15-17-38(18-16-25)34(41)26-9-14-32(27(19-26)21-40)42-22-24-7-12-29(36)13-8-24;24-12-15-11-14(5-6-18(15)25)20(26)23-9-7-13(8-10-23)19-21-16-3-1-2-4-17(16)22-19;8-5-6-1-3-7(9)4-2-6/h1-14,19,25,40H,15-18,20-22H2;1-6,11,13,24-25H,7-10,12H2,(H,21,22);1-4H,5H2. The minimum absolute atomic E-state index is 0.00708. The first-order chi connectivity index (χ1) is 37.5. The number of nitrogens with zero attached hydrogens (tertiary/aromatic N) is 5. The minimum Gasteiger partial charge on any atom is -0.508 e. The maximum absolute atomic E-state index is 13.5. The Bertz CT molecular complexity index is 3400. The number of para-hydroxylation sites is 4. The molecule has 4 heterocycles. The number of aliphatic hydroxyl groups excluding tert-OH is 2. The van der Waals surface area contributed by atoms with Crippen LogP contribution in [0, 0.1) is 17.5 Å². The number of aliphatic hydroxyl groups is 2. The number of piperidine rings is 2. The smallest absolute Gasteiger partial charge is 0.253 e. The number of halogens is 4. The number of hydrogen-bond acceptors (Lipinski definition) is 8. The van der Waals surface area contributed by atoms with Crippen LogP contribution >= 0.6 is 15.9 Å². The van der Waals surface area contributed by atoms with E-state index in [0.29, 0.717) is 66.6 Å². The third kappa shape index (κ3) is 13.4. The number of hydrogen-bond donors (Lipinski definition) is 4. The fraction of sp³-hybridized carbons (Fsp3) is 0.246. The molecule has 9 aromatic rings. The largest absolute Gasteiger partial charge is 0.508 e. The molecule has 2 aliphatic rings. The number of aromatic nitrogens is 4. The van der Waals surface area contributed by atoms with Crippen molar-refractivity contribution in [2.75, 3.05) is 26.2 Å². The summed E-state index contributed by atoms with van der Waals surface area (Å²) in [5, 5.41) is 29.7. The van der Waals surface area contributed by atoms with Crippen molar-refractivity contribution in [3.63, 3.8) is 0 Å². The number of amides is 2. The van der Waals surface area contributed by atoms with Gasteiger partial charge in [0.25, 0.3) is 11.8 Å². The Hall–Kier alpha value is -7.79. The first-order valence-corrected chi connectivity index (χ1v) is 26.7. The van der Waals surface area contributed by atoms with Crippen LogP contribution in [0.5, 0.6) is 11.5 Å². The fourth-order valence-corrected chi connectivity index (χ4v) is 10.1. The Morgan fingerprint density at radius 1 is 0.597 bits per heavy atom. The van der Waals surface area contributed by atoms with E-state index in [1.54, 1.807) is 66.7 Å². The molecule has 2 aliphatic heterocycles. The number of alkyl halides is 1. The Kier molecular flexibility index (Phi) is 17.8. The molecule has 2 aromatic heterocycles. The van der Waals surface area contributed by atoms with Gasteiger partial charge in [0.2, 0.25) is 0 Å². The number of imidazole rings is 2. The zero-order valence-electron chi connectivity index (χ0n) is 42.2. The minimum atomic E-state index is -0.314. The molecule has 0 bridgehead atoms.